The standard InChI is InChI=1S/C16H23NO4.C3H7NO/c1-12(2)10-16(3,14(18)19)17(4)15(20)21-11-13-8-6-5-7-9-13;1-4(2)3-5/h5-9,12H,10-11H2,1-4H3,(H,18,19);3H,1-2H3/t16-;/m0./s1. The zero-order chi connectivity index (χ0) is 20.3. The Bertz CT molecular complexity index is 575. The van der Waals surface area contributed by atoms with Gasteiger partial charge in [0.05, 0.1) is 0 Å². The first-order valence-electron chi connectivity index (χ1n) is 8.34. The molecule has 1 atom stereocenters. The summed E-state index contributed by atoms with van der Waals surface area (Å²) >= 11 is 0. The van der Waals surface area contributed by atoms with Crippen molar-refractivity contribution < 1.29 is 24.2 Å². The predicted molar refractivity (Wildman–Crippen MR) is 99.6 cm³/mol. The second-order valence-electron chi connectivity index (χ2n) is 6.85. The van der Waals surface area contributed by atoms with Crippen molar-refractivity contribution in [2.75, 3.05) is 21.1 Å². The van der Waals surface area contributed by atoms with Gasteiger partial charge in [-0.15, -0.1) is 0 Å². The smallest absolute Gasteiger partial charge is 0.410 e. The van der Waals surface area contributed by atoms with Crippen LogP contribution in [-0.2, 0) is 20.9 Å². The van der Waals surface area contributed by atoms with Crippen molar-refractivity contribution >= 4 is 18.5 Å². The third kappa shape index (κ3) is 8.00. The van der Waals surface area contributed by atoms with Gasteiger partial charge in [-0.2, -0.15) is 0 Å². The van der Waals surface area contributed by atoms with Gasteiger partial charge in [0.1, 0.15) is 12.1 Å². The Balaban J connectivity index is 0.00000110. The van der Waals surface area contributed by atoms with Crippen LogP contribution in [-0.4, -0.2) is 60.1 Å². The zero-order valence-electron chi connectivity index (χ0n) is 16.4. The molecule has 1 rings (SSSR count). The molecule has 2 amide bonds. The van der Waals surface area contributed by atoms with E-state index in [1.165, 1.54) is 11.9 Å². The Morgan fingerprint density at radius 1 is 1.19 bits per heavy atom. The van der Waals surface area contributed by atoms with Crippen LogP contribution >= 0.6 is 0 Å². The average molecular weight is 366 g/mol. The normalized spacial score (nSPS) is 12.3. The van der Waals surface area contributed by atoms with Crippen LogP contribution in [0.4, 0.5) is 4.79 Å². The van der Waals surface area contributed by atoms with E-state index >= 15 is 0 Å². The molecule has 0 aliphatic rings. The van der Waals surface area contributed by atoms with E-state index in [0.29, 0.717) is 6.42 Å². The number of benzene rings is 1. The van der Waals surface area contributed by atoms with Gasteiger partial charge in [0, 0.05) is 21.1 Å². The topological polar surface area (TPSA) is 87.2 Å². The van der Waals surface area contributed by atoms with Crippen molar-refractivity contribution in [3.05, 3.63) is 35.9 Å². The molecule has 0 unspecified atom stereocenters. The fourth-order valence-corrected chi connectivity index (χ4v) is 2.18. The largest absolute Gasteiger partial charge is 0.480 e. The lowest BCUT2D eigenvalue weighted by molar-refractivity contribution is -0.149. The first kappa shape index (κ1) is 23.4. The fraction of sp³-hybridized carbons (Fsp3) is 0.526. The first-order valence-corrected chi connectivity index (χ1v) is 8.34. The highest BCUT2D eigenvalue weighted by atomic mass is 16.6. The molecule has 0 saturated heterocycles. The quantitative estimate of drug-likeness (QED) is 0.750. The number of rotatable bonds is 7. The lowest BCUT2D eigenvalue weighted by Crippen LogP contribution is -2.54. The molecule has 0 aromatic heterocycles. The number of carbonyl (C=O) groups excluding carboxylic acids is 2. The number of carboxylic acid groups (broad SMARTS) is 1. The van der Waals surface area contributed by atoms with E-state index in [0.717, 1.165) is 16.9 Å². The van der Waals surface area contributed by atoms with Crippen LogP contribution < -0.4 is 0 Å². The number of hydrogen-bond donors (Lipinski definition) is 1. The Labute approximate surface area is 155 Å². The first-order chi connectivity index (χ1) is 12.0. The number of nitrogens with zero attached hydrogens (tertiary/aromatic N) is 2. The summed E-state index contributed by atoms with van der Waals surface area (Å²) in [6.07, 6.45) is 0.476. The highest BCUT2D eigenvalue weighted by Crippen LogP contribution is 2.24. The van der Waals surface area contributed by atoms with E-state index in [2.05, 4.69) is 0 Å². The van der Waals surface area contributed by atoms with Crippen LogP contribution in [0.5, 0.6) is 0 Å². The van der Waals surface area contributed by atoms with E-state index in [1.54, 1.807) is 21.0 Å². The molecule has 0 saturated carbocycles. The Hall–Kier alpha value is -2.57. The summed E-state index contributed by atoms with van der Waals surface area (Å²) in [5.41, 5.74) is -0.415. The lowest BCUT2D eigenvalue weighted by Gasteiger charge is -2.35. The maximum absolute atomic E-state index is 12.1. The lowest BCUT2D eigenvalue weighted by atomic mass is 9.89. The van der Waals surface area contributed by atoms with Gasteiger partial charge < -0.3 is 14.7 Å². The van der Waals surface area contributed by atoms with E-state index < -0.39 is 17.6 Å². The van der Waals surface area contributed by atoms with Crippen LogP contribution in [0.3, 0.4) is 0 Å². The molecule has 146 valence electrons. The van der Waals surface area contributed by atoms with Crippen LogP contribution in [0.25, 0.3) is 0 Å². The summed E-state index contributed by atoms with van der Waals surface area (Å²) in [6.45, 7) is 5.51. The number of amides is 2. The molecule has 0 spiro atoms. The van der Waals surface area contributed by atoms with Crippen molar-refractivity contribution in [2.45, 2.75) is 39.3 Å². The van der Waals surface area contributed by atoms with Crippen LogP contribution in [0.2, 0.25) is 0 Å². The number of carboxylic acids is 1. The molecule has 0 fully saturated rings. The predicted octanol–water partition coefficient (Wildman–Crippen LogP) is 2.85. The van der Waals surface area contributed by atoms with E-state index in [-0.39, 0.29) is 12.5 Å². The summed E-state index contributed by atoms with van der Waals surface area (Å²) in [6, 6.07) is 9.27. The second kappa shape index (κ2) is 11.1. The number of aliphatic carboxylic acids is 1. The minimum Gasteiger partial charge on any atom is -0.480 e. The van der Waals surface area contributed by atoms with Gasteiger partial charge in [-0.25, -0.2) is 9.59 Å². The van der Waals surface area contributed by atoms with Gasteiger partial charge in [0.25, 0.3) is 0 Å². The van der Waals surface area contributed by atoms with Gasteiger partial charge in [-0.1, -0.05) is 44.2 Å². The third-order valence-corrected chi connectivity index (χ3v) is 3.70. The molecule has 7 heteroatoms. The number of carbonyl (C=O) groups is 3. The number of likely N-dealkylation sites (N-methyl/N-ethyl adjacent to an activating group) is 1. The summed E-state index contributed by atoms with van der Waals surface area (Å²) in [5.74, 6) is -0.883. The minimum absolute atomic E-state index is 0.126. The molecular weight excluding hydrogens is 336 g/mol. The summed E-state index contributed by atoms with van der Waals surface area (Å²) in [7, 11) is 4.84. The summed E-state index contributed by atoms with van der Waals surface area (Å²) < 4.78 is 5.19. The second-order valence-corrected chi connectivity index (χ2v) is 6.85. The minimum atomic E-state index is -1.28. The van der Waals surface area contributed by atoms with Crippen molar-refractivity contribution in [3.63, 3.8) is 0 Å². The SMILES string of the molecule is CC(C)C[C@@](C)(C(=O)O)N(C)C(=O)OCc1ccccc1.CN(C)C=O. The highest BCUT2D eigenvalue weighted by Gasteiger charge is 2.41. The van der Waals surface area contributed by atoms with Gasteiger partial charge in [-0.3, -0.25) is 9.69 Å². The van der Waals surface area contributed by atoms with Crippen LogP contribution in [0, 0.1) is 5.92 Å². The van der Waals surface area contributed by atoms with Crippen molar-refractivity contribution in [3.8, 4) is 0 Å². The van der Waals surface area contributed by atoms with E-state index in [9.17, 15) is 19.5 Å². The van der Waals surface area contributed by atoms with Crippen molar-refractivity contribution in [1.82, 2.24) is 9.80 Å². The van der Waals surface area contributed by atoms with Crippen molar-refractivity contribution in [1.29, 1.82) is 0 Å². The molecule has 1 N–H and O–H groups in total. The molecule has 26 heavy (non-hydrogen) atoms. The molecule has 0 aliphatic heterocycles. The van der Waals surface area contributed by atoms with Gasteiger partial charge in [0.2, 0.25) is 6.41 Å². The summed E-state index contributed by atoms with van der Waals surface area (Å²) in [5, 5.41) is 9.44. The maximum atomic E-state index is 12.1. The van der Waals surface area contributed by atoms with E-state index in [4.69, 9.17) is 4.74 Å². The van der Waals surface area contributed by atoms with Gasteiger partial charge in [-0.05, 0) is 24.8 Å². The number of ether oxygens (including phenoxy) is 1. The summed E-state index contributed by atoms with van der Waals surface area (Å²) in [4.78, 5) is 35.7. The Morgan fingerprint density at radius 3 is 2.08 bits per heavy atom. The molecule has 0 radical (unpaired) electrons. The van der Waals surface area contributed by atoms with Gasteiger partial charge in [0.15, 0.2) is 0 Å². The van der Waals surface area contributed by atoms with Crippen molar-refractivity contribution in [2.24, 2.45) is 5.92 Å². The molecule has 0 bridgehead atoms. The van der Waals surface area contributed by atoms with Crippen LogP contribution in [0.1, 0.15) is 32.8 Å². The molecule has 0 heterocycles. The molecular formula is C19H30N2O5. The fourth-order valence-electron chi connectivity index (χ4n) is 2.18. The molecule has 1 aromatic rings. The molecule has 7 nitrogen and oxygen atoms in total. The molecule has 1 aromatic carbocycles. The zero-order valence-corrected chi connectivity index (χ0v) is 16.4. The average Bonchev–Trinajstić information content (AvgIpc) is 2.59. The third-order valence-electron chi connectivity index (χ3n) is 3.70. The molecule has 0 aliphatic carbocycles. The van der Waals surface area contributed by atoms with Crippen LogP contribution in [0.15, 0.2) is 30.3 Å². The maximum Gasteiger partial charge on any atom is 0.410 e. The van der Waals surface area contributed by atoms with E-state index in [1.807, 2.05) is 44.2 Å². The Kier molecular flexibility index (Phi) is 10.0. The Morgan fingerprint density at radius 2 is 1.69 bits per heavy atom. The highest BCUT2D eigenvalue weighted by molar-refractivity contribution is 5.83. The number of hydrogen-bond acceptors (Lipinski definition) is 4. The van der Waals surface area contributed by atoms with Gasteiger partial charge >= 0.3 is 12.1 Å². The monoisotopic (exact) mass is 366 g/mol.